The van der Waals surface area contributed by atoms with Crippen molar-refractivity contribution in [3.63, 3.8) is 0 Å². The first-order valence-corrected chi connectivity index (χ1v) is 7.36. The number of rotatable bonds is 4. The number of amides is 1. The van der Waals surface area contributed by atoms with Gasteiger partial charge in [0, 0.05) is 17.7 Å². The highest BCUT2D eigenvalue weighted by molar-refractivity contribution is 7.99. The summed E-state index contributed by atoms with van der Waals surface area (Å²) < 4.78 is 0. The third kappa shape index (κ3) is 3.88. The molecule has 0 atom stereocenters. The molecule has 2 rings (SSSR count). The minimum atomic E-state index is 0.0748. The highest BCUT2D eigenvalue weighted by atomic mass is 32.2. The standard InChI is InChI=1S/C14H17NO2S/c16-10-12-1-3-13(4-2-12)15-14(17)9-11-5-7-18-8-6-11/h1-4,10-11H,5-9H2,(H,15,17). The third-order valence-electron chi connectivity index (χ3n) is 3.15. The van der Waals surface area contributed by atoms with Crippen molar-refractivity contribution < 1.29 is 9.59 Å². The zero-order valence-corrected chi connectivity index (χ0v) is 11.0. The van der Waals surface area contributed by atoms with Crippen LogP contribution in [0.1, 0.15) is 29.6 Å². The fraction of sp³-hybridized carbons (Fsp3) is 0.429. The number of carbonyl (C=O) groups is 2. The van der Waals surface area contributed by atoms with Crippen LogP contribution >= 0.6 is 11.8 Å². The number of aldehydes is 1. The van der Waals surface area contributed by atoms with Crippen molar-refractivity contribution in [3.8, 4) is 0 Å². The van der Waals surface area contributed by atoms with Crippen LogP contribution in [-0.2, 0) is 4.79 Å². The van der Waals surface area contributed by atoms with Crippen molar-refractivity contribution in [1.82, 2.24) is 0 Å². The van der Waals surface area contributed by atoms with Crippen molar-refractivity contribution in [2.75, 3.05) is 16.8 Å². The number of anilines is 1. The first-order chi connectivity index (χ1) is 8.78. The molecule has 96 valence electrons. The molecule has 1 aliphatic heterocycles. The van der Waals surface area contributed by atoms with Crippen LogP contribution in [0.25, 0.3) is 0 Å². The molecular weight excluding hydrogens is 246 g/mol. The largest absolute Gasteiger partial charge is 0.326 e. The average Bonchev–Trinajstić information content (AvgIpc) is 2.40. The summed E-state index contributed by atoms with van der Waals surface area (Å²) in [5.74, 6) is 2.95. The monoisotopic (exact) mass is 263 g/mol. The van der Waals surface area contributed by atoms with Crippen LogP contribution in [0.3, 0.4) is 0 Å². The second-order valence-corrected chi connectivity index (χ2v) is 5.77. The Bertz CT molecular complexity index is 410. The SMILES string of the molecule is O=Cc1ccc(NC(=O)CC2CCSCC2)cc1. The molecule has 1 aromatic carbocycles. The first kappa shape index (κ1) is 13.1. The smallest absolute Gasteiger partial charge is 0.224 e. The van der Waals surface area contributed by atoms with Crippen LogP contribution in [-0.4, -0.2) is 23.7 Å². The number of hydrogen-bond acceptors (Lipinski definition) is 3. The maximum atomic E-state index is 11.8. The van der Waals surface area contributed by atoms with Crippen LogP contribution in [0, 0.1) is 5.92 Å². The van der Waals surface area contributed by atoms with Gasteiger partial charge in [0.05, 0.1) is 0 Å². The molecule has 0 bridgehead atoms. The summed E-state index contributed by atoms with van der Waals surface area (Å²) in [5.41, 5.74) is 1.38. The van der Waals surface area contributed by atoms with E-state index in [9.17, 15) is 9.59 Å². The Balaban J connectivity index is 1.83. The Morgan fingerprint density at radius 1 is 1.28 bits per heavy atom. The van der Waals surface area contributed by atoms with Crippen LogP contribution in [0.15, 0.2) is 24.3 Å². The highest BCUT2D eigenvalue weighted by Gasteiger charge is 2.17. The number of nitrogens with one attached hydrogen (secondary N) is 1. The van der Waals surface area contributed by atoms with E-state index in [-0.39, 0.29) is 5.91 Å². The van der Waals surface area contributed by atoms with Crippen LogP contribution < -0.4 is 5.32 Å². The lowest BCUT2D eigenvalue weighted by atomic mass is 9.98. The summed E-state index contributed by atoms with van der Waals surface area (Å²) in [6, 6.07) is 6.94. The zero-order chi connectivity index (χ0) is 12.8. The molecule has 1 N–H and O–H groups in total. The molecule has 0 aromatic heterocycles. The molecule has 0 unspecified atom stereocenters. The molecular formula is C14H17NO2S. The fourth-order valence-corrected chi connectivity index (χ4v) is 3.27. The number of thioether (sulfide) groups is 1. The lowest BCUT2D eigenvalue weighted by Crippen LogP contribution is -2.19. The Morgan fingerprint density at radius 3 is 2.56 bits per heavy atom. The quantitative estimate of drug-likeness (QED) is 0.849. The molecule has 1 saturated heterocycles. The molecule has 0 radical (unpaired) electrons. The van der Waals surface area contributed by atoms with Crippen LogP contribution in [0.4, 0.5) is 5.69 Å². The van der Waals surface area contributed by atoms with Gasteiger partial charge in [-0.05, 0) is 54.5 Å². The molecule has 1 fully saturated rings. The van der Waals surface area contributed by atoms with Gasteiger partial charge in [-0.2, -0.15) is 11.8 Å². The van der Waals surface area contributed by atoms with Crippen molar-refractivity contribution in [1.29, 1.82) is 0 Å². The number of benzene rings is 1. The van der Waals surface area contributed by atoms with Crippen molar-refractivity contribution in [3.05, 3.63) is 29.8 Å². The topological polar surface area (TPSA) is 46.2 Å². The highest BCUT2D eigenvalue weighted by Crippen LogP contribution is 2.25. The van der Waals surface area contributed by atoms with E-state index >= 15 is 0 Å². The Kier molecular flexibility index (Phi) is 4.81. The Labute approximate surface area is 111 Å². The van der Waals surface area contributed by atoms with Crippen molar-refractivity contribution in [2.45, 2.75) is 19.3 Å². The van der Waals surface area contributed by atoms with Gasteiger partial charge in [-0.25, -0.2) is 0 Å². The summed E-state index contributed by atoms with van der Waals surface area (Å²) in [6.07, 6.45) is 3.69. The van der Waals surface area contributed by atoms with Gasteiger partial charge in [-0.3, -0.25) is 9.59 Å². The molecule has 1 amide bonds. The van der Waals surface area contributed by atoms with Crippen LogP contribution in [0.5, 0.6) is 0 Å². The Hall–Kier alpha value is -1.29. The fourth-order valence-electron chi connectivity index (χ4n) is 2.07. The summed E-state index contributed by atoms with van der Waals surface area (Å²) in [6.45, 7) is 0. The summed E-state index contributed by atoms with van der Waals surface area (Å²) in [7, 11) is 0. The van der Waals surface area contributed by atoms with Gasteiger partial charge in [-0.15, -0.1) is 0 Å². The zero-order valence-electron chi connectivity index (χ0n) is 10.2. The van der Waals surface area contributed by atoms with Gasteiger partial charge in [0.1, 0.15) is 6.29 Å². The summed E-state index contributed by atoms with van der Waals surface area (Å²) in [4.78, 5) is 22.4. The molecule has 0 saturated carbocycles. The maximum absolute atomic E-state index is 11.8. The van der Waals surface area contributed by atoms with Crippen LogP contribution in [0.2, 0.25) is 0 Å². The molecule has 0 spiro atoms. The summed E-state index contributed by atoms with van der Waals surface area (Å²) in [5, 5.41) is 2.88. The van der Waals surface area contributed by atoms with E-state index < -0.39 is 0 Å². The molecule has 18 heavy (non-hydrogen) atoms. The van der Waals surface area contributed by atoms with Gasteiger partial charge in [-0.1, -0.05) is 0 Å². The second-order valence-electron chi connectivity index (χ2n) is 4.55. The lowest BCUT2D eigenvalue weighted by molar-refractivity contribution is -0.117. The predicted molar refractivity (Wildman–Crippen MR) is 75.1 cm³/mol. The predicted octanol–water partition coefficient (Wildman–Crippen LogP) is 2.97. The van der Waals surface area contributed by atoms with E-state index in [2.05, 4.69) is 5.32 Å². The minimum absolute atomic E-state index is 0.0748. The normalized spacial score (nSPS) is 16.2. The van der Waals surface area contributed by atoms with Gasteiger partial charge in [0.2, 0.25) is 5.91 Å². The van der Waals surface area contributed by atoms with Gasteiger partial charge in [0.15, 0.2) is 0 Å². The summed E-state index contributed by atoms with van der Waals surface area (Å²) >= 11 is 1.97. The van der Waals surface area contributed by atoms with Gasteiger partial charge < -0.3 is 5.32 Å². The first-order valence-electron chi connectivity index (χ1n) is 6.21. The van der Waals surface area contributed by atoms with E-state index in [1.165, 1.54) is 11.5 Å². The van der Waals surface area contributed by atoms with Gasteiger partial charge in [0.25, 0.3) is 0 Å². The molecule has 0 aliphatic carbocycles. The molecule has 4 heteroatoms. The molecule has 1 heterocycles. The maximum Gasteiger partial charge on any atom is 0.224 e. The molecule has 3 nitrogen and oxygen atoms in total. The lowest BCUT2D eigenvalue weighted by Gasteiger charge is -2.20. The van der Waals surface area contributed by atoms with Crippen molar-refractivity contribution >= 4 is 29.6 Å². The average molecular weight is 263 g/mol. The van der Waals surface area contributed by atoms with Gasteiger partial charge >= 0.3 is 0 Å². The van der Waals surface area contributed by atoms with E-state index in [1.807, 2.05) is 11.8 Å². The van der Waals surface area contributed by atoms with E-state index in [0.717, 1.165) is 24.8 Å². The van der Waals surface area contributed by atoms with E-state index in [1.54, 1.807) is 24.3 Å². The minimum Gasteiger partial charge on any atom is -0.326 e. The van der Waals surface area contributed by atoms with Crippen molar-refractivity contribution in [2.24, 2.45) is 5.92 Å². The number of hydrogen-bond donors (Lipinski definition) is 1. The Morgan fingerprint density at radius 2 is 1.94 bits per heavy atom. The number of carbonyl (C=O) groups excluding carboxylic acids is 2. The third-order valence-corrected chi connectivity index (χ3v) is 4.19. The molecule has 1 aromatic rings. The van der Waals surface area contributed by atoms with E-state index in [4.69, 9.17) is 0 Å². The van der Waals surface area contributed by atoms with E-state index in [0.29, 0.717) is 17.9 Å². The second kappa shape index (κ2) is 6.59. The molecule has 1 aliphatic rings.